The molecule has 0 saturated heterocycles. The smallest absolute Gasteiger partial charge is 0.183 e. The fraction of sp³-hybridized carbons (Fsp3) is 0.875. The number of hydrogen-bond donors (Lipinski definition) is 1. The Balaban J connectivity index is 2.36. The van der Waals surface area contributed by atoms with Gasteiger partial charge in [-0.25, -0.2) is 0 Å². The molecular weight excluding hydrogens is 162 g/mol. The topological polar surface area (TPSA) is 32.3 Å². The van der Waals surface area contributed by atoms with Crippen LogP contribution in [0.4, 0.5) is 0 Å². The second-order valence-corrected chi connectivity index (χ2v) is 3.55. The average Bonchev–Trinajstić information content (AvgIpc) is 2.18. The van der Waals surface area contributed by atoms with Gasteiger partial charge in [-0.15, -0.1) is 0 Å². The van der Waals surface area contributed by atoms with Crippen LogP contribution >= 0.6 is 0 Å². The van der Waals surface area contributed by atoms with Crippen molar-refractivity contribution in [1.29, 1.82) is 0 Å². The lowest BCUT2D eigenvalue weighted by molar-refractivity contribution is -0.108. The zero-order valence-electron chi connectivity index (χ0n) is 7.78. The van der Waals surface area contributed by atoms with E-state index in [4.69, 9.17) is 16.0 Å². The van der Waals surface area contributed by atoms with Crippen molar-refractivity contribution in [3.05, 3.63) is 0 Å². The number of nitrogens with one attached hydrogen (secondary N) is 1. The van der Waals surface area contributed by atoms with E-state index in [0.29, 0.717) is 18.6 Å². The van der Waals surface area contributed by atoms with E-state index in [1.54, 1.807) is 4.81 Å². The number of rotatable bonds is 4. The summed E-state index contributed by atoms with van der Waals surface area (Å²) in [4.78, 5) is 11.9. The van der Waals surface area contributed by atoms with Crippen LogP contribution in [0.3, 0.4) is 0 Å². The van der Waals surface area contributed by atoms with Gasteiger partial charge in [0.25, 0.3) is 0 Å². The summed E-state index contributed by atoms with van der Waals surface area (Å²) >= 11 is 0. The highest BCUT2D eigenvalue weighted by atomic mass is 16.1. The zero-order valence-corrected chi connectivity index (χ0v) is 7.78. The second kappa shape index (κ2) is 5.45. The average molecular weight is 176 g/mol. The molecule has 1 aliphatic carbocycles. The van der Waals surface area contributed by atoms with E-state index >= 15 is 0 Å². The molecule has 0 heterocycles. The van der Waals surface area contributed by atoms with Crippen molar-refractivity contribution in [1.82, 2.24) is 10.0 Å². The molecule has 1 saturated carbocycles. The van der Waals surface area contributed by atoms with Gasteiger partial charge in [-0.05, 0) is 31.3 Å². The molecule has 0 aromatic rings. The predicted molar refractivity (Wildman–Crippen MR) is 53.5 cm³/mol. The van der Waals surface area contributed by atoms with Crippen LogP contribution in [0.1, 0.15) is 25.7 Å². The summed E-state index contributed by atoms with van der Waals surface area (Å²) in [6.07, 6.45) is 5.04. The first-order valence-electron chi connectivity index (χ1n) is 4.69. The van der Waals surface area contributed by atoms with Crippen LogP contribution in [0.25, 0.3) is 0 Å². The van der Waals surface area contributed by atoms with Crippen molar-refractivity contribution in [3.8, 4) is 0 Å². The number of aldehydes is 1. The summed E-state index contributed by atoms with van der Waals surface area (Å²) in [6.45, 7) is 0.307. The Hall–Kier alpha value is -0.280. The summed E-state index contributed by atoms with van der Waals surface area (Å²) in [5.74, 6) is 0. The van der Waals surface area contributed by atoms with Gasteiger partial charge in [0, 0.05) is 6.54 Å². The Morgan fingerprint density at radius 3 is 2.92 bits per heavy atom. The first kappa shape index (κ1) is 10.8. The Kier molecular flexibility index (Phi) is 4.53. The van der Waals surface area contributed by atoms with Crippen LogP contribution in [-0.4, -0.2) is 45.7 Å². The van der Waals surface area contributed by atoms with Crippen LogP contribution in [0, 0.1) is 0 Å². The molecule has 4 radical (unpaired) electrons. The van der Waals surface area contributed by atoms with Crippen LogP contribution in [0.5, 0.6) is 0 Å². The second-order valence-electron chi connectivity index (χ2n) is 3.55. The quantitative estimate of drug-likeness (QED) is 0.465. The fourth-order valence-electron chi connectivity index (χ4n) is 1.85. The third-order valence-electron chi connectivity index (χ3n) is 2.64. The van der Waals surface area contributed by atoms with E-state index in [-0.39, 0.29) is 0 Å². The molecule has 0 bridgehead atoms. The molecule has 1 fully saturated rings. The van der Waals surface area contributed by atoms with Gasteiger partial charge in [-0.3, -0.25) is 0 Å². The molecule has 0 aliphatic heterocycles. The van der Waals surface area contributed by atoms with Gasteiger partial charge in [0.2, 0.25) is 0 Å². The summed E-state index contributed by atoms with van der Waals surface area (Å²) in [7, 11) is 11.1. The van der Waals surface area contributed by atoms with Gasteiger partial charge < -0.3 is 14.8 Å². The normalized spacial score (nSPS) is 29.0. The molecule has 0 aromatic heterocycles. The minimum atomic E-state index is 0.292. The molecule has 2 unspecified atom stereocenters. The standard InChI is InChI=1S/C8H14B2N2O/c9-11-7-2-1-3-8(6-7)12(10)4-5-13/h5,7-8,11H,1-4,6H2. The van der Waals surface area contributed by atoms with E-state index in [2.05, 4.69) is 5.23 Å². The summed E-state index contributed by atoms with van der Waals surface area (Å²) in [5, 5.41) is 2.76. The first-order valence-corrected chi connectivity index (χ1v) is 4.69. The third-order valence-corrected chi connectivity index (χ3v) is 2.64. The minimum Gasteiger partial charge on any atom is -0.364 e. The molecule has 0 spiro atoms. The summed E-state index contributed by atoms with van der Waals surface area (Å²) in [6, 6.07) is 0.636. The van der Waals surface area contributed by atoms with Gasteiger partial charge >= 0.3 is 0 Å². The van der Waals surface area contributed by atoms with Crippen molar-refractivity contribution in [2.24, 2.45) is 0 Å². The molecule has 1 rings (SSSR count). The largest absolute Gasteiger partial charge is 0.364 e. The molecule has 0 amide bonds. The van der Waals surface area contributed by atoms with E-state index in [1.807, 2.05) is 0 Å². The summed E-state index contributed by atoms with van der Waals surface area (Å²) < 4.78 is 0. The van der Waals surface area contributed by atoms with E-state index < -0.39 is 0 Å². The number of hydrogen-bond acceptors (Lipinski definition) is 3. The van der Waals surface area contributed by atoms with E-state index in [1.165, 1.54) is 0 Å². The molecular formula is C8H14B2N2O. The van der Waals surface area contributed by atoms with Gasteiger partial charge in [-0.2, -0.15) is 0 Å². The maximum Gasteiger partial charge on any atom is 0.183 e. The maximum absolute atomic E-state index is 10.2. The number of carbonyl (C=O) groups is 1. The fourth-order valence-corrected chi connectivity index (χ4v) is 1.85. The van der Waals surface area contributed by atoms with Crippen molar-refractivity contribution in [2.75, 3.05) is 6.54 Å². The van der Waals surface area contributed by atoms with Crippen molar-refractivity contribution in [3.63, 3.8) is 0 Å². The molecule has 5 heteroatoms. The Morgan fingerprint density at radius 1 is 1.54 bits per heavy atom. The molecule has 68 valence electrons. The van der Waals surface area contributed by atoms with Gasteiger partial charge in [0.05, 0.1) is 0 Å². The van der Waals surface area contributed by atoms with Gasteiger partial charge in [0.15, 0.2) is 16.0 Å². The first-order chi connectivity index (χ1) is 6.27. The molecule has 1 N–H and O–H groups in total. The predicted octanol–water partition coefficient (Wildman–Crippen LogP) is -0.445. The van der Waals surface area contributed by atoms with E-state index in [9.17, 15) is 4.79 Å². The lowest BCUT2D eigenvalue weighted by atomic mass is 9.88. The highest BCUT2D eigenvalue weighted by Crippen LogP contribution is 2.21. The molecule has 13 heavy (non-hydrogen) atoms. The van der Waals surface area contributed by atoms with Crippen molar-refractivity contribution < 1.29 is 4.79 Å². The van der Waals surface area contributed by atoms with Gasteiger partial charge in [0.1, 0.15) is 6.29 Å². The maximum atomic E-state index is 10.2. The molecule has 0 aromatic carbocycles. The highest BCUT2D eigenvalue weighted by Gasteiger charge is 2.22. The highest BCUT2D eigenvalue weighted by molar-refractivity contribution is 6.05. The molecule has 1 aliphatic rings. The zero-order chi connectivity index (χ0) is 9.68. The van der Waals surface area contributed by atoms with Crippen LogP contribution < -0.4 is 5.23 Å². The molecule has 3 nitrogen and oxygen atoms in total. The van der Waals surface area contributed by atoms with Crippen molar-refractivity contribution >= 4 is 22.2 Å². The van der Waals surface area contributed by atoms with Crippen LogP contribution in [0.2, 0.25) is 0 Å². The lowest BCUT2D eigenvalue weighted by Gasteiger charge is -2.35. The van der Waals surface area contributed by atoms with Crippen LogP contribution in [-0.2, 0) is 4.79 Å². The van der Waals surface area contributed by atoms with Crippen LogP contribution in [0.15, 0.2) is 0 Å². The Morgan fingerprint density at radius 2 is 2.31 bits per heavy atom. The third kappa shape index (κ3) is 3.16. The summed E-state index contributed by atoms with van der Waals surface area (Å²) in [5.41, 5.74) is 0. The monoisotopic (exact) mass is 176 g/mol. The Labute approximate surface area is 82.1 Å². The number of nitrogens with zero attached hydrogens (tertiary/aromatic N) is 1. The minimum absolute atomic E-state index is 0.292. The molecule has 2 atom stereocenters. The van der Waals surface area contributed by atoms with Crippen molar-refractivity contribution in [2.45, 2.75) is 37.8 Å². The number of carbonyl (C=O) groups excluding carboxylic acids is 1. The van der Waals surface area contributed by atoms with E-state index in [0.717, 1.165) is 32.0 Å². The Bertz CT molecular complexity index is 168. The SMILES string of the molecule is [B]NC1CCCC(N([B])CC=O)C1. The lowest BCUT2D eigenvalue weighted by Crippen LogP contribution is -2.43. The van der Waals surface area contributed by atoms with Gasteiger partial charge in [-0.1, -0.05) is 6.42 Å².